The summed E-state index contributed by atoms with van der Waals surface area (Å²) in [6.45, 7) is 0.862. The SMILES string of the molecule is CS(=O)(=O)CCCOc1ccc(CN)cc1Br. The highest BCUT2D eigenvalue weighted by Gasteiger charge is 2.04. The monoisotopic (exact) mass is 321 g/mol. The van der Waals surface area contributed by atoms with E-state index < -0.39 is 9.84 Å². The number of halogens is 1. The lowest BCUT2D eigenvalue weighted by Crippen LogP contribution is -2.08. The van der Waals surface area contributed by atoms with Crippen LogP contribution < -0.4 is 10.5 Å². The summed E-state index contributed by atoms with van der Waals surface area (Å²) in [4.78, 5) is 0. The van der Waals surface area contributed by atoms with Crippen molar-refractivity contribution in [3.8, 4) is 5.75 Å². The summed E-state index contributed by atoms with van der Waals surface area (Å²) in [6, 6.07) is 5.61. The molecule has 6 heteroatoms. The van der Waals surface area contributed by atoms with Crippen LogP contribution in [0.2, 0.25) is 0 Å². The van der Waals surface area contributed by atoms with Crippen molar-refractivity contribution in [2.75, 3.05) is 18.6 Å². The Balaban J connectivity index is 2.47. The first-order valence-corrected chi connectivity index (χ1v) is 8.07. The molecule has 2 N–H and O–H groups in total. The number of ether oxygens (including phenoxy) is 1. The number of rotatable bonds is 6. The average molecular weight is 322 g/mol. The fourth-order valence-corrected chi connectivity index (χ4v) is 2.47. The molecule has 0 aliphatic rings. The zero-order chi connectivity index (χ0) is 12.9. The maximum atomic E-state index is 10.9. The van der Waals surface area contributed by atoms with Crippen molar-refractivity contribution in [2.24, 2.45) is 5.73 Å². The summed E-state index contributed by atoms with van der Waals surface area (Å²) in [5, 5.41) is 0. The normalized spacial score (nSPS) is 11.5. The molecule has 96 valence electrons. The molecule has 17 heavy (non-hydrogen) atoms. The van der Waals surface area contributed by atoms with Crippen LogP contribution >= 0.6 is 15.9 Å². The highest BCUT2D eigenvalue weighted by molar-refractivity contribution is 9.10. The third-order valence-electron chi connectivity index (χ3n) is 2.15. The van der Waals surface area contributed by atoms with Crippen LogP contribution in [0.1, 0.15) is 12.0 Å². The Morgan fingerprint density at radius 3 is 2.65 bits per heavy atom. The number of sulfone groups is 1. The molecule has 0 fully saturated rings. The molecule has 0 bridgehead atoms. The van der Waals surface area contributed by atoms with Gasteiger partial charge >= 0.3 is 0 Å². The fourth-order valence-electron chi connectivity index (χ4n) is 1.29. The summed E-state index contributed by atoms with van der Waals surface area (Å²) in [5.41, 5.74) is 6.52. The van der Waals surface area contributed by atoms with Crippen LogP contribution in [0, 0.1) is 0 Å². The molecule has 0 atom stereocenters. The molecule has 0 amide bonds. The van der Waals surface area contributed by atoms with Gasteiger partial charge in [0.1, 0.15) is 15.6 Å². The van der Waals surface area contributed by atoms with Gasteiger partial charge in [0.2, 0.25) is 0 Å². The third kappa shape index (κ3) is 5.52. The Kier molecular flexibility index (Phi) is 5.42. The summed E-state index contributed by atoms with van der Waals surface area (Å²) >= 11 is 3.38. The van der Waals surface area contributed by atoms with Gasteiger partial charge in [0.25, 0.3) is 0 Å². The zero-order valence-corrected chi connectivity index (χ0v) is 12.1. The van der Waals surface area contributed by atoms with Crippen LogP contribution in [-0.4, -0.2) is 27.0 Å². The molecule has 0 saturated carbocycles. The van der Waals surface area contributed by atoms with E-state index in [9.17, 15) is 8.42 Å². The minimum atomic E-state index is -2.91. The Morgan fingerprint density at radius 1 is 1.41 bits per heavy atom. The van der Waals surface area contributed by atoms with Crippen LogP contribution in [0.5, 0.6) is 5.75 Å². The van der Waals surface area contributed by atoms with Crippen molar-refractivity contribution in [3.63, 3.8) is 0 Å². The smallest absolute Gasteiger partial charge is 0.147 e. The quantitative estimate of drug-likeness (QED) is 0.810. The van der Waals surface area contributed by atoms with Crippen molar-refractivity contribution < 1.29 is 13.2 Å². The second-order valence-electron chi connectivity index (χ2n) is 3.80. The predicted molar refractivity (Wildman–Crippen MR) is 71.9 cm³/mol. The van der Waals surface area contributed by atoms with Crippen molar-refractivity contribution in [3.05, 3.63) is 28.2 Å². The topological polar surface area (TPSA) is 69.4 Å². The maximum Gasteiger partial charge on any atom is 0.147 e. The van der Waals surface area contributed by atoms with Crippen LogP contribution in [0.4, 0.5) is 0 Å². The number of hydrogen-bond acceptors (Lipinski definition) is 4. The predicted octanol–water partition coefficient (Wildman–Crippen LogP) is 1.72. The summed E-state index contributed by atoms with van der Waals surface area (Å²) in [5.74, 6) is 0.849. The molecule has 0 aliphatic carbocycles. The lowest BCUT2D eigenvalue weighted by molar-refractivity contribution is 0.315. The molecule has 1 aromatic rings. The Hall–Kier alpha value is -0.590. The number of nitrogens with two attached hydrogens (primary N) is 1. The van der Waals surface area contributed by atoms with Crippen LogP contribution in [0.25, 0.3) is 0 Å². The number of hydrogen-bond donors (Lipinski definition) is 1. The highest BCUT2D eigenvalue weighted by atomic mass is 79.9. The zero-order valence-electron chi connectivity index (χ0n) is 9.65. The summed E-state index contributed by atoms with van der Waals surface area (Å²) < 4.78 is 28.1. The molecule has 1 rings (SSSR count). The lowest BCUT2D eigenvalue weighted by atomic mass is 10.2. The van der Waals surface area contributed by atoms with Crippen LogP contribution in [0.3, 0.4) is 0 Å². The Bertz CT molecular complexity index is 474. The van der Waals surface area contributed by atoms with Gasteiger partial charge in [-0.05, 0) is 40.0 Å². The third-order valence-corrected chi connectivity index (χ3v) is 3.80. The van der Waals surface area contributed by atoms with Gasteiger partial charge in [0, 0.05) is 12.8 Å². The van der Waals surface area contributed by atoms with Crippen molar-refractivity contribution in [1.82, 2.24) is 0 Å². The molecule has 0 spiro atoms. The van der Waals surface area contributed by atoms with Gasteiger partial charge in [-0.25, -0.2) is 8.42 Å². The van der Waals surface area contributed by atoms with E-state index in [4.69, 9.17) is 10.5 Å². The van der Waals surface area contributed by atoms with Crippen molar-refractivity contribution in [1.29, 1.82) is 0 Å². The Morgan fingerprint density at radius 2 is 2.12 bits per heavy atom. The van der Waals surface area contributed by atoms with Gasteiger partial charge in [-0.3, -0.25) is 0 Å². The van der Waals surface area contributed by atoms with Gasteiger partial charge in [0.15, 0.2) is 0 Å². The standard InChI is InChI=1S/C11H16BrNO3S/c1-17(14,15)6-2-5-16-11-4-3-9(8-13)7-10(11)12/h3-4,7H,2,5-6,8,13H2,1H3. The first kappa shape index (κ1) is 14.5. The van der Waals surface area contributed by atoms with E-state index >= 15 is 0 Å². The molecular formula is C11H16BrNO3S. The van der Waals surface area contributed by atoms with E-state index in [1.165, 1.54) is 6.26 Å². The number of benzene rings is 1. The van der Waals surface area contributed by atoms with Gasteiger partial charge < -0.3 is 10.5 Å². The first-order valence-electron chi connectivity index (χ1n) is 5.21. The van der Waals surface area contributed by atoms with E-state index in [-0.39, 0.29) is 5.75 Å². The van der Waals surface area contributed by atoms with E-state index in [0.29, 0.717) is 25.3 Å². The minimum absolute atomic E-state index is 0.144. The van der Waals surface area contributed by atoms with Gasteiger partial charge in [-0.1, -0.05) is 6.07 Å². The van der Waals surface area contributed by atoms with Crippen LogP contribution in [-0.2, 0) is 16.4 Å². The molecule has 1 aromatic carbocycles. The first-order chi connectivity index (χ1) is 7.92. The lowest BCUT2D eigenvalue weighted by Gasteiger charge is -2.08. The molecule has 0 unspecified atom stereocenters. The molecule has 0 aromatic heterocycles. The van der Waals surface area contributed by atoms with E-state index in [1.807, 2.05) is 18.2 Å². The summed E-state index contributed by atoms with van der Waals surface area (Å²) in [7, 11) is -2.91. The van der Waals surface area contributed by atoms with Gasteiger partial charge in [-0.15, -0.1) is 0 Å². The van der Waals surface area contributed by atoms with Gasteiger partial charge in [0.05, 0.1) is 16.8 Å². The molecule has 0 radical (unpaired) electrons. The maximum absolute atomic E-state index is 10.9. The fraction of sp³-hybridized carbons (Fsp3) is 0.455. The largest absolute Gasteiger partial charge is 0.492 e. The van der Waals surface area contributed by atoms with Crippen molar-refractivity contribution in [2.45, 2.75) is 13.0 Å². The summed E-state index contributed by atoms with van der Waals surface area (Å²) in [6.07, 6.45) is 1.71. The molecule has 0 aliphatic heterocycles. The second-order valence-corrected chi connectivity index (χ2v) is 6.91. The second kappa shape index (κ2) is 6.37. The molecule has 0 saturated heterocycles. The van der Waals surface area contributed by atoms with Gasteiger partial charge in [-0.2, -0.15) is 0 Å². The minimum Gasteiger partial charge on any atom is -0.492 e. The van der Waals surface area contributed by atoms with E-state index in [0.717, 1.165) is 10.0 Å². The van der Waals surface area contributed by atoms with Crippen molar-refractivity contribution >= 4 is 25.8 Å². The average Bonchev–Trinajstić information content (AvgIpc) is 2.24. The highest BCUT2D eigenvalue weighted by Crippen LogP contribution is 2.25. The Labute approximate surface area is 110 Å². The molecule has 0 heterocycles. The van der Waals surface area contributed by atoms with Crippen LogP contribution in [0.15, 0.2) is 22.7 Å². The van der Waals surface area contributed by atoms with E-state index in [1.54, 1.807) is 0 Å². The van der Waals surface area contributed by atoms with E-state index in [2.05, 4.69) is 15.9 Å². The molecule has 4 nitrogen and oxygen atoms in total. The molecular weight excluding hydrogens is 306 g/mol.